The second-order valence-electron chi connectivity index (χ2n) is 4.64. The highest BCUT2D eigenvalue weighted by atomic mass is 14.6. The number of fused-ring (bicyclic) bond motifs is 1. The van der Waals surface area contributed by atoms with Gasteiger partial charge >= 0.3 is 0 Å². The first-order valence-electron chi connectivity index (χ1n) is 6.90. The third-order valence-electron chi connectivity index (χ3n) is 3.19. The molecule has 2 rings (SSSR count). The summed E-state index contributed by atoms with van der Waals surface area (Å²) in [4.78, 5) is 4.44. The summed E-state index contributed by atoms with van der Waals surface area (Å²) in [6.45, 7) is 4.47. The number of pyridine rings is 1. The molecule has 0 fully saturated rings. The summed E-state index contributed by atoms with van der Waals surface area (Å²) in [5, 5.41) is 1.27. The predicted molar refractivity (Wildman–Crippen MR) is 79.5 cm³/mol. The Bertz CT molecular complexity index is 535. The summed E-state index contributed by atoms with van der Waals surface area (Å²) in [6, 6.07) is 10.6. The molecule has 2 aromatic rings. The van der Waals surface area contributed by atoms with E-state index < -0.39 is 0 Å². The monoisotopic (exact) mass is 239 g/mol. The standard InChI is InChI=1S/C17H21N/c1-3-5-9-14(8-4-2)15-12-13-18-17-11-7-6-10-16(15)17/h6-7,9-13H,3-5,8H2,1-2H3/b14-9+. The molecule has 18 heavy (non-hydrogen) atoms. The summed E-state index contributed by atoms with van der Waals surface area (Å²) in [5.41, 5.74) is 3.92. The van der Waals surface area contributed by atoms with Crippen LogP contribution in [0.5, 0.6) is 0 Å². The SMILES string of the molecule is CCC/C=C(\CCC)c1ccnc2ccccc12. The van der Waals surface area contributed by atoms with Crippen LogP contribution in [0.1, 0.15) is 45.1 Å². The minimum Gasteiger partial charge on any atom is -0.256 e. The number of aromatic nitrogens is 1. The summed E-state index contributed by atoms with van der Waals surface area (Å²) in [6.07, 6.45) is 9.01. The molecule has 1 heteroatoms. The van der Waals surface area contributed by atoms with Gasteiger partial charge in [0, 0.05) is 11.6 Å². The Balaban J connectivity index is 2.50. The van der Waals surface area contributed by atoms with E-state index in [1.165, 1.54) is 29.4 Å². The van der Waals surface area contributed by atoms with Crippen molar-refractivity contribution in [1.29, 1.82) is 0 Å². The van der Waals surface area contributed by atoms with Gasteiger partial charge in [-0.3, -0.25) is 4.98 Å². The molecule has 0 N–H and O–H groups in total. The lowest BCUT2D eigenvalue weighted by molar-refractivity contribution is 0.933. The van der Waals surface area contributed by atoms with Crippen molar-refractivity contribution in [2.75, 3.05) is 0 Å². The van der Waals surface area contributed by atoms with Crippen LogP contribution < -0.4 is 0 Å². The van der Waals surface area contributed by atoms with Gasteiger partial charge in [-0.25, -0.2) is 0 Å². The summed E-state index contributed by atoms with van der Waals surface area (Å²) < 4.78 is 0. The zero-order chi connectivity index (χ0) is 12.8. The van der Waals surface area contributed by atoms with Gasteiger partial charge in [0.05, 0.1) is 5.52 Å². The number of para-hydroxylation sites is 1. The first-order valence-corrected chi connectivity index (χ1v) is 6.90. The molecule has 0 amide bonds. The van der Waals surface area contributed by atoms with Crippen molar-refractivity contribution in [2.24, 2.45) is 0 Å². The number of hydrogen-bond donors (Lipinski definition) is 0. The van der Waals surface area contributed by atoms with E-state index in [0.29, 0.717) is 0 Å². The number of unbranched alkanes of at least 4 members (excludes halogenated alkanes) is 1. The maximum atomic E-state index is 4.44. The van der Waals surface area contributed by atoms with Crippen LogP contribution in [0.3, 0.4) is 0 Å². The van der Waals surface area contributed by atoms with E-state index in [4.69, 9.17) is 0 Å². The van der Waals surface area contributed by atoms with Crippen molar-refractivity contribution in [3.05, 3.63) is 48.2 Å². The van der Waals surface area contributed by atoms with E-state index in [9.17, 15) is 0 Å². The fourth-order valence-electron chi connectivity index (χ4n) is 2.31. The zero-order valence-electron chi connectivity index (χ0n) is 11.3. The Morgan fingerprint density at radius 3 is 2.72 bits per heavy atom. The number of hydrogen-bond acceptors (Lipinski definition) is 1. The maximum Gasteiger partial charge on any atom is 0.0708 e. The topological polar surface area (TPSA) is 12.9 Å². The zero-order valence-corrected chi connectivity index (χ0v) is 11.3. The van der Waals surface area contributed by atoms with Gasteiger partial charge < -0.3 is 0 Å². The molecule has 0 saturated carbocycles. The van der Waals surface area contributed by atoms with Crippen molar-refractivity contribution in [3.8, 4) is 0 Å². The number of allylic oxidation sites excluding steroid dienone is 2. The third kappa shape index (κ3) is 2.79. The molecule has 0 atom stereocenters. The van der Waals surface area contributed by atoms with Gasteiger partial charge in [-0.2, -0.15) is 0 Å². The van der Waals surface area contributed by atoms with Crippen molar-refractivity contribution in [3.63, 3.8) is 0 Å². The van der Waals surface area contributed by atoms with Gasteiger partial charge in [0.25, 0.3) is 0 Å². The summed E-state index contributed by atoms with van der Waals surface area (Å²) in [5.74, 6) is 0. The average Bonchev–Trinajstić information content (AvgIpc) is 2.43. The fourth-order valence-corrected chi connectivity index (χ4v) is 2.31. The molecule has 94 valence electrons. The van der Waals surface area contributed by atoms with E-state index >= 15 is 0 Å². The molecule has 0 radical (unpaired) electrons. The second kappa shape index (κ2) is 6.34. The minimum atomic E-state index is 1.09. The van der Waals surface area contributed by atoms with Crippen LogP contribution in [0.25, 0.3) is 16.5 Å². The Kier molecular flexibility index (Phi) is 4.52. The van der Waals surface area contributed by atoms with Gasteiger partial charge in [-0.05, 0) is 36.1 Å². The molecule has 1 nitrogen and oxygen atoms in total. The normalized spacial score (nSPS) is 12.0. The molecule has 1 heterocycles. The van der Waals surface area contributed by atoms with E-state index in [1.54, 1.807) is 0 Å². The van der Waals surface area contributed by atoms with E-state index in [0.717, 1.165) is 18.4 Å². The van der Waals surface area contributed by atoms with Crippen LogP contribution in [-0.2, 0) is 0 Å². The molecular weight excluding hydrogens is 218 g/mol. The minimum absolute atomic E-state index is 1.09. The summed E-state index contributed by atoms with van der Waals surface area (Å²) in [7, 11) is 0. The molecule has 0 saturated heterocycles. The van der Waals surface area contributed by atoms with Crippen LogP contribution in [0.15, 0.2) is 42.6 Å². The van der Waals surface area contributed by atoms with Gasteiger partial charge in [0.1, 0.15) is 0 Å². The lowest BCUT2D eigenvalue weighted by Crippen LogP contribution is -1.89. The third-order valence-corrected chi connectivity index (χ3v) is 3.19. The van der Waals surface area contributed by atoms with Crippen LogP contribution in [0.2, 0.25) is 0 Å². The molecule has 1 aromatic heterocycles. The molecule has 0 unspecified atom stereocenters. The van der Waals surface area contributed by atoms with Gasteiger partial charge in [0.15, 0.2) is 0 Å². The highest BCUT2D eigenvalue weighted by Crippen LogP contribution is 2.27. The van der Waals surface area contributed by atoms with Gasteiger partial charge in [0.2, 0.25) is 0 Å². The van der Waals surface area contributed by atoms with E-state index in [-0.39, 0.29) is 0 Å². The summed E-state index contributed by atoms with van der Waals surface area (Å²) >= 11 is 0. The molecule has 0 aliphatic carbocycles. The molecule has 0 aliphatic rings. The molecule has 0 bridgehead atoms. The van der Waals surface area contributed by atoms with Gasteiger partial charge in [-0.15, -0.1) is 0 Å². The Hall–Kier alpha value is -1.63. The Morgan fingerprint density at radius 2 is 1.94 bits per heavy atom. The van der Waals surface area contributed by atoms with Crippen LogP contribution >= 0.6 is 0 Å². The maximum absolute atomic E-state index is 4.44. The van der Waals surface area contributed by atoms with E-state index in [1.807, 2.05) is 12.3 Å². The Morgan fingerprint density at radius 1 is 1.11 bits per heavy atom. The number of rotatable bonds is 5. The van der Waals surface area contributed by atoms with Crippen molar-refractivity contribution >= 4 is 16.5 Å². The van der Waals surface area contributed by atoms with E-state index in [2.05, 4.69) is 49.2 Å². The average molecular weight is 239 g/mol. The molecule has 0 spiro atoms. The van der Waals surface area contributed by atoms with Crippen molar-refractivity contribution in [2.45, 2.75) is 39.5 Å². The first-order chi connectivity index (χ1) is 8.86. The molecular formula is C17H21N. The van der Waals surface area contributed by atoms with Crippen LogP contribution in [-0.4, -0.2) is 4.98 Å². The van der Waals surface area contributed by atoms with Crippen molar-refractivity contribution < 1.29 is 0 Å². The Labute approximate surface area is 110 Å². The molecule has 0 aliphatic heterocycles. The fraction of sp³-hybridized carbons (Fsp3) is 0.353. The van der Waals surface area contributed by atoms with Crippen molar-refractivity contribution in [1.82, 2.24) is 4.98 Å². The molecule has 1 aromatic carbocycles. The highest BCUT2D eigenvalue weighted by molar-refractivity contribution is 5.91. The lowest BCUT2D eigenvalue weighted by atomic mass is 9.97. The quantitative estimate of drug-likeness (QED) is 0.697. The highest BCUT2D eigenvalue weighted by Gasteiger charge is 2.05. The number of nitrogens with zero attached hydrogens (tertiary/aromatic N) is 1. The second-order valence-corrected chi connectivity index (χ2v) is 4.64. The van der Waals surface area contributed by atoms with Crippen LogP contribution in [0.4, 0.5) is 0 Å². The predicted octanol–water partition coefficient (Wildman–Crippen LogP) is 5.22. The lowest BCUT2D eigenvalue weighted by Gasteiger charge is -2.10. The number of benzene rings is 1. The first kappa shape index (κ1) is 12.8. The van der Waals surface area contributed by atoms with Gasteiger partial charge in [-0.1, -0.05) is 51.0 Å². The van der Waals surface area contributed by atoms with Crippen LogP contribution in [0, 0.1) is 0 Å². The largest absolute Gasteiger partial charge is 0.256 e. The smallest absolute Gasteiger partial charge is 0.0708 e.